The van der Waals surface area contributed by atoms with Crippen molar-refractivity contribution in [1.82, 2.24) is 10.2 Å². The van der Waals surface area contributed by atoms with Crippen molar-refractivity contribution < 1.29 is 14.3 Å². The van der Waals surface area contributed by atoms with Gasteiger partial charge in [-0.1, -0.05) is 11.6 Å². The van der Waals surface area contributed by atoms with Gasteiger partial charge in [0.25, 0.3) is 0 Å². The molecule has 0 fully saturated rings. The number of nitrogens with one attached hydrogen (secondary N) is 1. The van der Waals surface area contributed by atoms with Crippen molar-refractivity contribution in [2.24, 2.45) is 0 Å². The lowest BCUT2D eigenvalue weighted by atomic mass is 10.1. The molecule has 0 aromatic heterocycles. The highest BCUT2D eigenvalue weighted by atomic mass is 35.5. The Kier molecular flexibility index (Phi) is 5.70. The van der Waals surface area contributed by atoms with Gasteiger partial charge in [0.15, 0.2) is 0 Å². The second-order valence-electron chi connectivity index (χ2n) is 4.93. The Morgan fingerprint density at radius 3 is 3.10 bits per heavy atom. The third-order valence-corrected chi connectivity index (χ3v) is 3.60. The molecule has 2 rings (SSSR count). The number of ether oxygens (including phenoxy) is 2. The highest BCUT2D eigenvalue weighted by Crippen LogP contribution is 2.32. The zero-order chi connectivity index (χ0) is 15.2. The lowest BCUT2D eigenvalue weighted by Gasteiger charge is -2.18. The second-order valence-corrected chi connectivity index (χ2v) is 5.37. The summed E-state index contributed by atoms with van der Waals surface area (Å²) in [6.45, 7) is 4.76. The number of amides is 2. The normalized spacial score (nSPS) is 12.7. The van der Waals surface area contributed by atoms with Crippen molar-refractivity contribution >= 4 is 17.6 Å². The van der Waals surface area contributed by atoms with Crippen LogP contribution in [0.1, 0.15) is 18.1 Å². The van der Waals surface area contributed by atoms with E-state index >= 15 is 0 Å². The fourth-order valence-corrected chi connectivity index (χ4v) is 2.49. The minimum atomic E-state index is -0.138. The summed E-state index contributed by atoms with van der Waals surface area (Å²) >= 11 is 6.10. The molecule has 0 saturated heterocycles. The van der Waals surface area contributed by atoms with Crippen molar-refractivity contribution in [3.05, 3.63) is 28.3 Å². The molecule has 6 heteroatoms. The molecule has 1 N–H and O–H groups in total. The van der Waals surface area contributed by atoms with Crippen molar-refractivity contribution in [1.29, 1.82) is 0 Å². The van der Waals surface area contributed by atoms with Gasteiger partial charge in [-0.3, -0.25) is 0 Å². The third kappa shape index (κ3) is 4.25. The van der Waals surface area contributed by atoms with E-state index in [-0.39, 0.29) is 6.03 Å². The number of fused-ring (bicyclic) bond motifs is 1. The molecule has 0 aliphatic carbocycles. The van der Waals surface area contributed by atoms with E-state index in [1.54, 1.807) is 11.9 Å². The molecule has 5 nitrogen and oxygen atoms in total. The van der Waals surface area contributed by atoms with Gasteiger partial charge in [-0.05, 0) is 24.6 Å². The molecule has 1 aromatic rings. The van der Waals surface area contributed by atoms with Crippen LogP contribution in [0.4, 0.5) is 4.79 Å². The molecule has 1 aliphatic heterocycles. The Morgan fingerprint density at radius 2 is 2.33 bits per heavy atom. The van der Waals surface area contributed by atoms with Gasteiger partial charge in [0, 0.05) is 43.8 Å². The van der Waals surface area contributed by atoms with Crippen LogP contribution in [0.15, 0.2) is 12.1 Å². The number of urea groups is 1. The number of likely N-dealkylation sites (N-methyl/N-ethyl adjacent to an activating group) is 1. The van der Waals surface area contributed by atoms with E-state index in [4.69, 9.17) is 21.1 Å². The number of carbonyl (C=O) groups excluding carboxylic acids is 1. The van der Waals surface area contributed by atoms with E-state index < -0.39 is 0 Å². The fourth-order valence-electron chi connectivity index (χ4n) is 2.23. The number of hydrogen-bond acceptors (Lipinski definition) is 3. The van der Waals surface area contributed by atoms with Gasteiger partial charge < -0.3 is 19.7 Å². The lowest BCUT2D eigenvalue weighted by molar-refractivity contribution is 0.126. The smallest absolute Gasteiger partial charge is 0.317 e. The molecular formula is C15H21ClN2O3. The highest BCUT2D eigenvalue weighted by Gasteiger charge is 2.18. The van der Waals surface area contributed by atoms with Crippen LogP contribution in [0, 0.1) is 0 Å². The zero-order valence-corrected chi connectivity index (χ0v) is 13.2. The molecule has 0 spiro atoms. The van der Waals surface area contributed by atoms with E-state index in [0.29, 0.717) is 37.9 Å². The number of benzene rings is 1. The molecule has 0 unspecified atom stereocenters. The Bertz CT molecular complexity index is 508. The SMILES string of the molecule is CCOCCN(C)C(=O)NCc1cc(Cl)cc2c1OCC2. The Morgan fingerprint density at radius 1 is 1.52 bits per heavy atom. The summed E-state index contributed by atoms with van der Waals surface area (Å²) in [7, 11) is 1.74. The molecule has 1 aromatic carbocycles. The van der Waals surface area contributed by atoms with E-state index in [1.807, 2.05) is 19.1 Å². The van der Waals surface area contributed by atoms with E-state index in [0.717, 1.165) is 23.3 Å². The van der Waals surface area contributed by atoms with Gasteiger partial charge in [0.05, 0.1) is 13.2 Å². The summed E-state index contributed by atoms with van der Waals surface area (Å²) in [5, 5.41) is 3.55. The van der Waals surface area contributed by atoms with Gasteiger partial charge in [0.2, 0.25) is 0 Å². The summed E-state index contributed by atoms with van der Waals surface area (Å²) in [6.07, 6.45) is 0.866. The Hall–Kier alpha value is -1.46. The molecule has 0 bridgehead atoms. The maximum atomic E-state index is 12.0. The van der Waals surface area contributed by atoms with Crippen LogP contribution in [-0.2, 0) is 17.7 Å². The minimum Gasteiger partial charge on any atom is -0.493 e. The van der Waals surface area contributed by atoms with Gasteiger partial charge >= 0.3 is 6.03 Å². The topological polar surface area (TPSA) is 50.8 Å². The molecule has 2 amide bonds. The van der Waals surface area contributed by atoms with Crippen molar-refractivity contribution in [3.63, 3.8) is 0 Å². The standard InChI is InChI=1S/C15H21ClN2O3/c1-3-20-7-5-18(2)15(19)17-10-12-9-13(16)8-11-4-6-21-14(11)12/h8-9H,3-7,10H2,1-2H3,(H,17,19). The number of hydrogen-bond donors (Lipinski definition) is 1. The predicted octanol–water partition coefficient (Wildman–Crippen LogP) is 2.45. The van der Waals surface area contributed by atoms with Gasteiger partial charge in [-0.15, -0.1) is 0 Å². The summed E-state index contributed by atoms with van der Waals surface area (Å²) in [4.78, 5) is 13.6. The molecule has 116 valence electrons. The van der Waals surface area contributed by atoms with Crippen LogP contribution < -0.4 is 10.1 Å². The van der Waals surface area contributed by atoms with E-state index in [9.17, 15) is 4.79 Å². The van der Waals surface area contributed by atoms with Crippen LogP contribution in [0.2, 0.25) is 5.02 Å². The summed E-state index contributed by atoms with van der Waals surface area (Å²) < 4.78 is 10.8. The number of carbonyl (C=O) groups is 1. The Balaban J connectivity index is 1.90. The first-order chi connectivity index (χ1) is 10.1. The van der Waals surface area contributed by atoms with Crippen molar-refractivity contribution in [3.8, 4) is 5.75 Å². The predicted molar refractivity (Wildman–Crippen MR) is 82.0 cm³/mol. The first-order valence-electron chi connectivity index (χ1n) is 7.12. The average molecular weight is 313 g/mol. The lowest BCUT2D eigenvalue weighted by Crippen LogP contribution is -2.38. The van der Waals surface area contributed by atoms with Crippen LogP contribution >= 0.6 is 11.6 Å². The van der Waals surface area contributed by atoms with Crippen LogP contribution in [-0.4, -0.2) is 44.3 Å². The van der Waals surface area contributed by atoms with Crippen LogP contribution in [0.3, 0.4) is 0 Å². The maximum absolute atomic E-state index is 12.0. The van der Waals surface area contributed by atoms with Gasteiger partial charge in [-0.25, -0.2) is 4.79 Å². The fraction of sp³-hybridized carbons (Fsp3) is 0.533. The second kappa shape index (κ2) is 7.52. The molecule has 1 heterocycles. The van der Waals surface area contributed by atoms with Gasteiger partial charge in [0.1, 0.15) is 5.75 Å². The molecular weight excluding hydrogens is 292 g/mol. The maximum Gasteiger partial charge on any atom is 0.317 e. The molecule has 0 radical (unpaired) electrons. The van der Waals surface area contributed by atoms with Crippen LogP contribution in [0.5, 0.6) is 5.75 Å². The quantitative estimate of drug-likeness (QED) is 0.821. The zero-order valence-electron chi connectivity index (χ0n) is 12.4. The van der Waals surface area contributed by atoms with E-state index in [1.165, 1.54) is 0 Å². The minimum absolute atomic E-state index is 0.138. The van der Waals surface area contributed by atoms with Crippen molar-refractivity contribution in [2.45, 2.75) is 19.9 Å². The summed E-state index contributed by atoms with van der Waals surface area (Å²) in [5.41, 5.74) is 2.03. The number of halogens is 1. The van der Waals surface area contributed by atoms with Gasteiger partial charge in [-0.2, -0.15) is 0 Å². The summed E-state index contributed by atoms with van der Waals surface area (Å²) in [6, 6.07) is 3.62. The molecule has 21 heavy (non-hydrogen) atoms. The Labute approximate surface area is 130 Å². The van der Waals surface area contributed by atoms with Crippen molar-refractivity contribution in [2.75, 3.05) is 33.4 Å². The van der Waals surface area contributed by atoms with Crippen LogP contribution in [0.25, 0.3) is 0 Å². The largest absolute Gasteiger partial charge is 0.493 e. The first kappa shape index (κ1) is 15.9. The van der Waals surface area contributed by atoms with E-state index in [2.05, 4.69) is 5.32 Å². The molecule has 0 saturated carbocycles. The number of rotatable bonds is 6. The summed E-state index contributed by atoms with van der Waals surface area (Å²) in [5.74, 6) is 0.858. The molecule has 1 aliphatic rings. The highest BCUT2D eigenvalue weighted by molar-refractivity contribution is 6.30. The number of nitrogens with zero attached hydrogens (tertiary/aromatic N) is 1. The first-order valence-corrected chi connectivity index (χ1v) is 7.50. The average Bonchev–Trinajstić information content (AvgIpc) is 2.92. The monoisotopic (exact) mass is 312 g/mol. The molecule has 0 atom stereocenters. The third-order valence-electron chi connectivity index (χ3n) is 3.38.